The zero-order valence-corrected chi connectivity index (χ0v) is 14.8. The first-order valence-corrected chi connectivity index (χ1v) is 8.12. The molecule has 0 saturated carbocycles. The minimum atomic E-state index is -0.321. The van der Waals surface area contributed by atoms with Gasteiger partial charge in [0.05, 0.1) is 11.4 Å². The molecule has 1 N–H and O–H groups in total. The molecule has 1 heterocycles. The quantitative estimate of drug-likeness (QED) is 0.732. The molecule has 0 aliphatic rings. The predicted octanol–water partition coefficient (Wildman–Crippen LogP) is 3.90. The molecule has 1 aromatic heterocycles. The number of aromatic nitrogens is 3. The van der Waals surface area contributed by atoms with Gasteiger partial charge < -0.3 is 10.1 Å². The Hall–Kier alpha value is -2.57. The zero-order chi connectivity index (χ0) is 17.8. The fourth-order valence-electron chi connectivity index (χ4n) is 2.25. The lowest BCUT2D eigenvalue weighted by Gasteiger charge is -2.13. The van der Waals surface area contributed by atoms with Crippen molar-refractivity contribution in [1.29, 1.82) is 0 Å². The first-order valence-electron chi connectivity index (χ1n) is 7.36. The summed E-state index contributed by atoms with van der Waals surface area (Å²) in [6.45, 7) is 1.71. The van der Waals surface area contributed by atoms with E-state index in [-0.39, 0.29) is 12.5 Å². The van der Waals surface area contributed by atoms with E-state index in [0.717, 1.165) is 5.56 Å². The second kappa shape index (κ2) is 7.55. The maximum atomic E-state index is 12.2. The number of amides is 1. The normalized spacial score (nSPS) is 10.5. The Bertz CT molecular complexity index is 898. The second-order valence-electron chi connectivity index (χ2n) is 5.25. The summed E-state index contributed by atoms with van der Waals surface area (Å²) in [5.74, 6) is 0.278. The van der Waals surface area contributed by atoms with Gasteiger partial charge in [-0.1, -0.05) is 23.2 Å². The molecule has 0 unspecified atom stereocenters. The van der Waals surface area contributed by atoms with Crippen molar-refractivity contribution in [2.24, 2.45) is 0 Å². The number of ether oxygens (including phenoxy) is 1. The van der Waals surface area contributed by atoms with Crippen LogP contribution in [0.4, 0.5) is 5.69 Å². The predicted molar refractivity (Wildman–Crippen MR) is 96.7 cm³/mol. The minimum Gasteiger partial charge on any atom is -0.483 e. The van der Waals surface area contributed by atoms with E-state index in [1.807, 2.05) is 6.92 Å². The van der Waals surface area contributed by atoms with E-state index < -0.39 is 0 Å². The largest absolute Gasteiger partial charge is 0.483 e. The molecule has 6 nitrogen and oxygen atoms in total. The number of hydrogen-bond acceptors (Lipinski definition) is 4. The van der Waals surface area contributed by atoms with Crippen molar-refractivity contribution >= 4 is 34.8 Å². The van der Waals surface area contributed by atoms with Gasteiger partial charge in [-0.2, -0.15) is 5.10 Å². The molecule has 8 heteroatoms. The number of carbonyl (C=O) groups excluding carboxylic acids is 1. The van der Waals surface area contributed by atoms with E-state index in [0.29, 0.717) is 27.2 Å². The van der Waals surface area contributed by atoms with Crippen LogP contribution >= 0.6 is 23.2 Å². The maximum Gasteiger partial charge on any atom is 0.262 e. The Labute approximate surface area is 154 Å². The highest BCUT2D eigenvalue weighted by atomic mass is 35.5. The Balaban J connectivity index is 1.72. The molecule has 0 aliphatic carbocycles. The number of halogens is 2. The summed E-state index contributed by atoms with van der Waals surface area (Å²) in [7, 11) is 0. The third-order valence-electron chi connectivity index (χ3n) is 3.39. The summed E-state index contributed by atoms with van der Waals surface area (Å²) < 4.78 is 7.09. The first-order chi connectivity index (χ1) is 12.0. The summed E-state index contributed by atoms with van der Waals surface area (Å²) in [4.78, 5) is 16.2. The van der Waals surface area contributed by atoms with E-state index in [4.69, 9.17) is 27.9 Å². The first kappa shape index (κ1) is 17.3. The summed E-state index contributed by atoms with van der Waals surface area (Å²) >= 11 is 11.9. The molecule has 0 atom stereocenters. The standard InChI is InChI=1S/C17H14Cl2N4O2/c1-11-6-12(18)3-5-16(11)25-8-17(24)22-14-7-13(19)2-4-15(14)23-10-20-9-21-23/h2-7,9-10H,8H2,1H3,(H,22,24). The lowest BCUT2D eigenvalue weighted by molar-refractivity contribution is -0.118. The molecular formula is C17H14Cl2N4O2. The Kier molecular flexibility index (Phi) is 5.21. The highest BCUT2D eigenvalue weighted by Gasteiger charge is 2.11. The lowest BCUT2D eigenvalue weighted by atomic mass is 10.2. The number of nitrogens with one attached hydrogen (secondary N) is 1. The molecule has 25 heavy (non-hydrogen) atoms. The third-order valence-corrected chi connectivity index (χ3v) is 3.86. The van der Waals surface area contributed by atoms with Crippen LogP contribution in [0.3, 0.4) is 0 Å². The molecule has 0 bridgehead atoms. The molecule has 3 aromatic rings. The molecule has 1 amide bonds. The van der Waals surface area contributed by atoms with E-state index >= 15 is 0 Å². The van der Waals surface area contributed by atoms with E-state index in [1.165, 1.54) is 17.3 Å². The summed E-state index contributed by atoms with van der Waals surface area (Å²) in [5, 5.41) is 7.95. The van der Waals surface area contributed by atoms with Gasteiger partial charge in [0.2, 0.25) is 0 Å². The Morgan fingerprint density at radius 3 is 2.68 bits per heavy atom. The van der Waals surface area contributed by atoms with Crippen LogP contribution in [0.15, 0.2) is 49.1 Å². The average molecular weight is 377 g/mol. The van der Waals surface area contributed by atoms with Gasteiger partial charge in [-0.3, -0.25) is 4.79 Å². The van der Waals surface area contributed by atoms with Crippen LogP contribution in [0.25, 0.3) is 5.69 Å². The highest BCUT2D eigenvalue weighted by Crippen LogP contribution is 2.24. The van der Waals surface area contributed by atoms with Crippen molar-refractivity contribution in [2.75, 3.05) is 11.9 Å². The lowest BCUT2D eigenvalue weighted by Crippen LogP contribution is -2.21. The number of benzene rings is 2. The van der Waals surface area contributed by atoms with Gasteiger partial charge in [-0.05, 0) is 48.9 Å². The molecule has 0 aliphatic heterocycles. The smallest absolute Gasteiger partial charge is 0.262 e. The van der Waals surface area contributed by atoms with E-state index in [1.54, 1.807) is 36.4 Å². The molecule has 0 spiro atoms. The molecule has 3 rings (SSSR count). The molecule has 0 fully saturated rings. The second-order valence-corrected chi connectivity index (χ2v) is 6.12. The number of carbonyl (C=O) groups is 1. The Morgan fingerprint density at radius 1 is 1.20 bits per heavy atom. The number of nitrogens with zero attached hydrogens (tertiary/aromatic N) is 3. The van der Waals surface area contributed by atoms with E-state index in [2.05, 4.69) is 15.4 Å². The van der Waals surface area contributed by atoms with Crippen LogP contribution in [-0.4, -0.2) is 27.3 Å². The molecular weight excluding hydrogens is 363 g/mol. The van der Waals surface area contributed by atoms with Crippen molar-refractivity contribution in [3.63, 3.8) is 0 Å². The van der Waals surface area contributed by atoms with Crippen molar-refractivity contribution in [2.45, 2.75) is 6.92 Å². The number of rotatable bonds is 5. The zero-order valence-electron chi connectivity index (χ0n) is 13.2. The van der Waals surface area contributed by atoms with Gasteiger partial charge in [0.25, 0.3) is 5.91 Å². The fourth-order valence-corrected chi connectivity index (χ4v) is 2.64. The number of hydrogen-bond donors (Lipinski definition) is 1. The van der Waals surface area contributed by atoms with Gasteiger partial charge >= 0.3 is 0 Å². The van der Waals surface area contributed by atoms with Gasteiger partial charge in [-0.25, -0.2) is 9.67 Å². The summed E-state index contributed by atoms with van der Waals surface area (Å²) in [5.41, 5.74) is 2.02. The van der Waals surface area contributed by atoms with Gasteiger partial charge in [0, 0.05) is 10.0 Å². The van der Waals surface area contributed by atoms with Crippen LogP contribution < -0.4 is 10.1 Å². The minimum absolute atomic E-state index is 0.147. The number of anilines is 1. The molecule has 0 saturated heterocycles. The van der Waals surface area contributed by atoms with Gasteiger partial charge in [0.15, 0.2) is 6.61 Å². The van der Waals surface area contributed by atoms with Gasteiger partial charge in [-0.15, -0.1) is 0 Å². The number of aryl methyl sites for hydroxylation is 1. The van der Waals surface area contributed by atoms with Crippen LogP contribution in [0.5, 0.6) is 5.75 Å². The topological polar surface area (TPSA) is 69.0 Å². The van der Waals surface area contributed by atoms with Crippen molar-refractivity contribution in [1.82, 2.24) is 14.8 Å². The van der Waals surface area contributed by atoms with Crippen molar-refractivity contribution in [3.05, 3.63) is 64.7 Å². The summed E-state index contributed by atoms with van der Waals surface area (Å²) in [6.07, 6.45) is 2.94. The molecule has 128 valence electrons. The highest BCUT2D eigenvalue weighted by molar-refractivity contribution is 6.31. The monoisotopic (exact) mass is 376 g/mol. The van der Waals surface area contributed by atoms with Gasteiger partial charge in [0.1, 0.15) is 18.4 Å². The third kappa shape index (κ3) is 4.29. The molecule has 0 radical (unpaired) electrons. The average Bonchev–Trinajstić information content (AvgIpc) is 3.08. The van der Waals surface area contributed by atoms with E-state index in [9.17, 15) is 4.79 Å². The van der Waals surface area contributed by atoms with Crippen molar-refractivity contribution < 1.29 is 9.53 Å². The molecule has 2 aromatic carbocycles. The maximum absolute atomic E-state index is 12.2. The van der Waals surface area contributed by atoms with Crippen LogP contribution in [0, 0.1) is 6.92 Å². The Morgan fingerprint density at radius 2 is 1.96 bits per heavy atom. The van der Waals surface area contributed by atoms with Crippen LogP contribution in [0.1, 0.15) is 5.56 Å². The van der Waals surface area contributed by atoms with Crippen LogP contribution in [0.2, 0.25) is 10.0 Å². The van der Waals surface area contributed by atoms with Crippen LogP contribution in [-0.2, 0) is 4.79 Å². The van der Waals surface area contributed by atoms with Crippen molar-refractivity contribution in [3.8, 4) is 11.4 Å². The fraction of sp³-hybridized carbons (Fsp3) is 0.118. The summed E-state index contributed by atoms with van der Waals surface area (Å²) in [6, 6.07) is 10.3. The SMILES string of the molecule is Cc1cc(Cl)ccc1OCC(=O)Nc1cc(Cl)ccc1-n1cncn1.